The standard InChI is InChI=1S/C22H21NO4/c1-26-20-11-9-18(10-12-20)21(24)15-23-13-5-8-19(14-23)22(25)27-16-17-6-3-2-4-7-17/h2-13H,14-16H2,1H3. The summed E-state index contributed by atoms with van der Waals surface area (Å²) in [5.74, 6) is 0.308. The maximum Gasteiger partial charge on any atom is 0.336 e. The second-order valence-electron chi connectivity index (χ2n) is 6.15. The Morgan fingerprint density at radius 1 is 1.04 bits per heavy atom. The SMILES string of the molecule is COc1ccc(C(=O)CN2C=CC=C(C(=O)OCc3ccccc3)C2)cc1. The molecule has 0 unspecified atom stereocenters. The summed E-state index contributed by atoms with van der Waals surface area (Å²) in [5.41, 5.74) is 2.06. The molecule has 0 saturated heterocycles. The minimum Gasteiger partial charge on any atom is -0.497 e. The van der Waals surface area contributed by atoms with Gasteiger partial charge in [0.15, 0.2) is 5.78 Å². The van der Waals surface area contributed by atoms with Crippen molar-refractivity contribution in [1.82, 2.24) is 4.90 Å². The van der Waals surface area contributed by atoms with Crippen LogP contribution >= 0.6 is 0 Å². The van der Waals surface area contributed by atoms with Crippen LogP contribution in [0.4, 0.5) is 0 Å². The molecule has 0 radical (unpaired) electrons. The molecule has 5 heteroatoms. The molecule has 1 heterocycles. The van der Waals surface area contributed by atoms with Crippen LogP contribution in [0.3, 0.4) is 0 Å². The number of esters is 1. The van der Waals surface area contributed by atoms with Crippen LogP contribution < -0.4 is 4.74 Å². The fourth-order valence-corrected chi connectivity index (χ4v) is 2.71. The maximum absolute atomic E-state index is 12.4. The molecule has 5 nitrogen and oxygen atoms in total. The van der Waals surface area contributed by atoms with Crippen molar-refractivity contribution in [2.75, 3.05) is 20.2 Å². The molecule has 3 rings (SSSR count). The summed E-state index contributed by atoms with van der Waals surface area (Å²) < 4.78 is 10.5. The van der Waals surface area contributed by atoms with Gasteiger partial charge in [0.05, 0.1) is 25.8 Å². The number of allylic oxidation sites excluding steroid dienone is 2. The highest BCUT2D eigenvalue weighted by atomic mass is 16.5. The molecular weight excluding hydrogens is 342 g/mol. The lowest BCUT2D eigenvalue weighted by Crippen LogP contribution is -2.31. The number of ether oxygens (including phenoxy) is 2. The van der Waals surface area contributed by atoms with Crippen molar-refractivity contribution in [3.63, 3.8) is 0 Å². The summed E-state index contributed by atoms with van der Waals surface area (Å²) in [6.45, 7) is 0.754. The van der Waals surface area contributed by atoms with E-state index in [0.29, 0.717) is 23.4 Å². The summed E-state index contributed by atoms with van der Waals surface area (Å²) in [6, 6.07) is 16.5. The third-order valence-electron chi connectivity index (χ3n) is 4.20. The quantitative estimate of drug-likeness (QED) is 0.558. The van der Waals surface area contributed by atoms with E-state index in [1.165, 1.54) is 0 Å². The Hall–Kier alpha value is -3.34. The van der Waals surface area contributed by atoms with Crippen molar-refractivity contribution in [2.24, 2.45) is 0 Å². The van der Waals surface area contributed by atoms with Crippen LogP contribution in [0.2, 0.25) is 0 Å². The van der Waals surface area contributed by atoms with E-state index >= 15 is 0 Å². The molecule has 0 fully saturated rings. The van der Waals surface area contributed by atoms with Crippen molar-refractivity contribution >= 4 is 11.8 Å². The second kappa shape index (κ2) is 8.85. The van der Waals surface area contributed by atoms with Crippen molar-refractivity contribution in [3.8, 4) is 5.75 Å². The summed E-state index contributed by atoms with van der Waals surface area (Å²) in [5, 5.41) is 0. The molecule has 0 aliphatic carbocycles. The van der Waals surface area contributed by atoms with Crippen LogP contribution in [0.1, 0.15) is 15.9 Å². The molecule has 0 saturated carbocycles. The highest BCUT2D eigenvalue weighted by Crippen LogP contribution is 2.15. The van der Waals surface area contributed by atoms with E-state index in [1.54, 1.807) is 54.6 Å². The Morgan fingerprint density at radius 3 is 2.48 bits per heavy atom. The van der Waals surface area contributed by atoms with Crippen molar-refractivity contribution < 1.29 is 19.1 Å². The van der Waals surface area contributed by atoms with Crippen LogP contribution in [-0.2, 0) is 16.1 Å². The molecule has 0 atom stereocenters. The maximum atomic E-state index is 12.4. The first kappa shape index (κ1) is 18.5. The molecule has 0 spiro atoms. The van der Waals surface area contributed by atoms with Gasteiger partial charge in [0.2, 0.25) is 0 Å². The fraction of sp³-hybridized carbons (Fsp3) is 0.182. The lowest BCUT2D eigenvalue weighted by atomic mass is 10.1. The summed E-state index contributed by atoms with van der Waals surface area (Å²) in [7, 11) is 1.58. The number of carbonyl (C=O) groups is 2. The molecular formula is C22H21NO4. The molecule has 27 heavy (non-hydrogen) atoms. The number of carbonyl (C=O) groups excluding carboxylic acids is 2. The average Bonchev–Trinajstić information content (AvgIpc) is 2.73. The van der Waals surface area contributed by atoms with Gasteiger partial charge in [-0.3, -0.25) is 4.79 Å². The fourth-order valence-electron chi connectivity index (χ4n) is 2.71. The van der Waals surface area contributed by atoms with Crippen LogP contribution in [0.25, 0.3) is 0 Å². The first-order chi connectivity index (χ1) is 13.2. The summed E-state index contributed by atoms with van der Waals surface area (Å²) in [4.78, 5) is 26.5. The van der Waals surface area contributed by atoms with Crippen molar-refractivity contribution in [2.45, 2.75) is 6.61 Å². The number of hydrogen-bond acceptors (Lipinski definition) is 5. The largest absolute Gasteiger partial charge is 0.497 e. The number of hydrogen-bond donors (Lipinski definition) is 0. The van der Waals surface area contributed by atoms with Gasteiger partial charge in [-0.25, -0.2) is 4.79 Å². The monoisotopic (exact) mass is 363 g/mol. The van der Waals surface area contributed by atoms with E-state index < -0.39 is 0 Å². The molecule has 2 aromatic carbocycles. The lowest BCUT2D eigenvalue weighted by Gasteiger charge is -2.23. The predicted molar refractivity (Wildman–Crippen MR) is 102 cm³/mol. The van der Waals surface area contributed by atoms with Gasteiger partial charge in [-0.2, -0.15) is 0 Å². The predicted octanol–water partition coefficient (Wildman–Crippen LogP) is 3.38. The molecule has 1 aliphatic rings. The number of nitrogens with zero attached hydrogens (tertiary/aromatic N) is 1. The summed E-state index contributed by atoms with van der Waals surface area (Å²) >= 11 is 0. The normalized spacial score (nSPS) is 13.1. The third-order valence-corrected chi connectivity index (χ3v) is 4.20. The Labute approximate surface area is 158 Å². The molecule has 0 N–H and O–H groups in total. The van der Waals surface area contributed by atoms with Gasteiger partial charge in [-0.15, -0.1) is 0 Å². The highest BCUT2D eigenvalue weighted by Gasteiger charge is 2.18. The zero-order chi connectivity index (χ0) is 19.1. The van der Waals surface area contributed by atoms with Gasteiger partial charge in [0.1, 0.15) is 12.4 Å². The van der Waals surface area contributed by atoms with Gasteiger partial charge in [0, 0.05) is 5.56 Å². The molecule has 0 bridgehead atoms. The number of Topliss-reactive ketones (excluding diaryl/α,β-unsaturated/α-hetero) is 1. The van der Waals surface area contributed by atoms with Crippen LogP contribution in [0, 0.1) is 0 Å². The van der Waals surface area contributed by atoms with Gasteiger partial charge in [-0.1, -0.05) is 30.3 Å². The van der Waals surface area contributed by atoms with Gasteiger partial charge in [0.25, 0.3) is 0 Å². The van der Waals surface area contributed by atoms with E-state index in [-0.39, 0.29) is 24.9 Å². The van der Waals surface area contributed by atoms with E-state index in [9.17, 15) is 9.59 Å². The second-order valence-corrected chi connectivity index (χ2v) is 6.15. The van der Waals surface area contributed by atoms with E-state index in [1.807, 2.05) is 30.3 Å². The molecule has 0 amide bonds. The van der Waals surface area contributed by atoms with Crippen LogP contribution in [0.5, 0.6) is 5.75 Å². The third kappa shape index (κ3) is 5.07. The number of methoxy groups -OCH3 is 1. The van der Waals surface area contributed by atoms with E-state index in [2.05, 4.69) is 0 Å². The van der Waals surface area contributed by atoms with Gasteiger partial charge in [-0.05, 0) is 48.2 Å². The zero-order valence-electron chi connectivity index (χ0n) is 15.1. The van der Waals surface area contributed by atoms with Crippen LogP contribution in [-0.4, -0.2) is 36.9 Å². The Bertz CT molecular complexity index is 854. The topological polar surface area (TPSA) is 55.8 Å². The minimum absolute atomic E-state index is 0.0267. The highest BCUT2D eigenvalue weighted by molar-refractivity contribution is 5.98. The van der Waals surface area contributed by atoms with Crippen molar-refractivity contribution in [3.05, 3.63) is 89.6 Å². The number of benzene rings is 2. The molecule has 1 aliphatic heterocycles. The first-order valence-electron chi connectivity index (χ1n) is 8.65. The average molecular weight is 363 g/mol. The van der Waals surface area contributed by atoms with Gasteiger partial charge >= 0.3 is 5.97 Å². The van der Waals surface area contributed by atoms with E-state index in [0.717, 1.165) is 5.56 Å². The minimum atomic E-state index is -0.370. The molecule has 138 valence electrons. The van der Waals surface area contributed by atoms with Crippen molar-refractivity contribution in [1.29, 1.82) is 0 Å². The Balaban J connectivity index is 1.53. The molecule has 2 aromatic rings. The van der Waals surface area contributed by atoms with Gasteiger partial charge < -0.3 is 14.4 Å². The smallest absolute Gasteiger partial charge is 0.336 e. The first-order valence-corrected chi connectivity index (χ1v) is 8.65. The summed E-state index contributed by atoms with van der Waals surface area (Å²) in [6.07, 6.45) is 5.28. The lowest BCUT2D eigenvalue weighted by molar-refractivity contribution is -0.140. The molecule has 0 aromatic heterocycles. The number of rotatable bonds is 7. The number of ketones is 1. The zero-order valence-corrected chi connectivity index (χ0v) is 15.1. The van der Waals surface area contributed by atoms with Crippen LogP contribution in [0.15, 0.2) is 78.5 Å². The Kier molecular flexibility index (Phi) is 6.05. The van der Waals surface area contributed by atoms with E-state index in [4.69, 9.17) is 9.47 Å². The Morgan fingerprint density at radius 2 is 1.78 bits per heavy atom.